The third-order valence-corrected chi connectivity index (χ3v) is 8.95. The van der Waals surface area contributed by atoms with Gasteiger partial charge in [-0.2, -0.15) is 0 Å². The number of rotatable bonds is 5. The number of nitrogens with one attached hydrogen (secondary N) is 1. The van der Waals surface area contributed by atoms with Crippen LogP contribution >= 0.6 is 0 Å². The molecular weight excluding hydrogens is 450 g/mol. The van der Waals surface area contributed by atoms with Crippen LogP contribution in [0.1, 0.15) is 81.5 Å². The van der Waals surface area contributed by atoms with Crippen LogP contribution in [0.25, 0.3) is 5.57 Å². The predicted octanol–water partition coefficient (Wildman–Crippen LogP) is 5.65. The van der Waals surface area contributed by atoms with Crippen LogP contribution in [-0.4, -0.2) is 29.1 Å². The Labute approximate surface area is 213 Å². The summed E-state index contributed by atoms with van der Waals surface area (Å²) in [5, 5.41) is 12.8. The highest BCUT2D eigenvalue weighted by atomic mass is 16.6. The van der Waals surface area contributed by atoms with E-state index in [1.807, 2.05) is 0 Å². The predicted molar refractivity (Wildman–Crippen MR) is 141 cm³/mol. The van der Waals surface area contributed by atoms with E-state index in [0.717, 1.165) is 25.7 Å². The topological polar surface area (TPSA) is 75.6 Å². The second kappa shape index (κ2) is 9.42. The Morgan fingerprint density at radius 3 is 2.58 bits per heavy atom. The van der Waals surface area contributed by atoms with Crippen LogP contribution in [0, 0.1) is 11.8 Å². The number of aryl methyl sites for hydroxylation is 1. The molecule has 2 aromatic rings. The number of phenolic OH excluding ortho intramolecular Hbond substituents is 1. The molecule has 5 rings (SSSR count). The van der Waals surface area contributed by atoms with Crippen molar-refractivity contribution in [2.45, 2.75) is 83.3 Å². The molecule has 0 aromatic heterocycles. The van der Waals surface area contributed by atoms with Crippen molar-refractivity contribution < 1.29 is 19.4 Å². The Hall–Kier alpha value is -3.08. The minimum absolute atomic E-state index is 0.0287. The largest absolute Gasteiger partial charge is 0.508 e. The molecule has 5 nitrogen and oxygen atoms in total. The fourth-order valence-electron chi connectivity index (χ4n) is 6.98. The Kier molecular flexibility index (Phi) is 6.44. The molecule has 1 fully saturated rings. The van der Waals surface area contributed by atoms with Gasteiger partial charge in [-0.15, -0.1) is 0 Å². The van der Waals surface area contributed by atoms with Crippen molar-refractivity contribution in [3.63, 3.8) is 0 Å². The highest BCUT2D eigenvalue weighted by Gasteiger charge is 2.48. The summed E-state index contributed by atoms with van der Waals surface area (Å²) in [5.74, 6) is 0.731. The van der Waals surface area contributed by atoms with Crippen LogP contribution in [0.4, 0.5) is 0 Å². The summed E-state index contributed by atoms with van der Waals surface area (Å²) in [6.07, 6.45) is 6.03. The number of aromatic hydroxyl groups is 1. The summed E-state index contributed by atoms with van der Waals surface area (Å²) in [6.45, 7) is 9.03. The summed E-state index contributed by atoms with van der Waals surface area (Å²) in [5.41, 5.74) is 5.74. The number of carbonyl (C=O) groups is 2. The lowest BCUT2D eigenvalue weighted by atomic mass is 9.53. The Morgan fingerprint density at radius 1 is 1.11 bits per heavy atom. The zero-order valence-corrected chi connectivity index (χ0v) is 21.7. The number of esters is 1. The highest BCUT2D eigenvalue weighted by molar-refractivity contribution is 6.06. The van der Waals surface area contributed by atoms with Crippen LogP contribution in [0.3, 0.4) is 0 Å². The molecule has 2 aromatic carbocycles. The Morgan fingerprint density at radius 2 is 1.86 bits per heavy atom. The number of cyclic esters (lactones) is 1. The smallest absolute Gasteiger partial charge is 0.332 e. The zero-order chi connectivity index (χ0) is 25.6. The standard InChI is InChI=1S/C31H37NO4/c1-18(2)21-9-13-26-22(16-21)10-14-27-24(6-5-15-31(26,27)4)19(3)32-30(35)29-25(17-28(34)36-29)20-7-11-23(33)12-8-20/h7-9,11-13,16-19,24,27,29,33H,5-6,10,14-15H2,1-4H3,(H,32,35). The molecule has 190 valence electrons. The summed E-state index contributed by atoms with van der Waals surface area (Å²) in [4.78, 5) is 25.4. The summed E-state index contributed by atoms with van der Waals surface area (Å²) >= 11 is 0. The van der Waals surface area contributed by atoms with Crippen molar-refractivity contribution in [3.05, 3.63) is 70.8 Å². The molecule has 1 amide bonds. The van der Waals surface area contributed by atoms with Gasteiger partial charge in [0.1, 0.15) is 5.75 Å². The molecule has 0 saturated heterocycles. The van der Waals surface area contributed by atoms with E-state index >= 15 is 0 Å². The number of amides is 1. The van der Waals surface area contributed by atoms with Gasteiger partial charge in [-0.05, 0) is 90.2 Å². The quantitative estimate of drug-likeness (QED) is 0.535. The molecule has 5 atom stereocenters. The number of carbonyl (C=O) groups excluding carboxylic acids is 2. The van der Waals surface area contributed by atoms with Crippen molar-refractivity contribution in [2.75, 3.05) is 0 Å². The average molecular weight is 488 g/mol. The third-order valence-electron chi connectivity index (χ3n) is 8.95. The maximum atomic E-state index is 13.4. The van der Waals surface area contributed by atoms with Crippen molar-refractivity contribution in [1.82, 2.24) is 5.32 Å². The first-order chi connectivity index (χ1) is 17.2. The fraction of sp³-hybridized carbons (Fsp3) is 0.484. The van der Waals surface area contributed by atoms with Gasteiger partial charge in [0.25, 0.3) is 5.91 Å². The van der Waals surface area contributed by atoms with Gasteiger partial charge >= 0.3 is 5.97 Å². The Balaban J connectivity index is 1.34. The SMILES string of the molecule is CC(C)c1ccc2c(c1)CCC1C(C(C)NC(=O)C3OC(=O)C=C3c3ccc(O)cc3)CCCC21C. The van der Waals surface area contributed by atoms with Crippen LogP contribution in [0.5, 0.6) is 5.75 Å². The molecule has 0 radical (unpaired) electrons. The second-order valence-electron chi connectivity index (χ2n) is 11.5. The molecule has 5 heteroatoms. The van der Waals surface area contributed by atoms with E-state index < -0.39 is 12.1 Å². The molecule has 1 heterocycles. The van der Waals surface area contributed by atoms with E-state index in [0.29, 0.717) is 28.9 Å². The molecule has 0 spiro atoms. The second-order valence-corrected chi connectivity index (χ2v) is 11.5. The molecule has 1 saturated carbocycles. The van der Waals surface area contributed by atoms with E-state index in [-0.39, 0.29) is 23.1 Å². The van der Waals surface area contributed by atoms with Crippen LogP contribution in [0.15, 0.2) is 48.5 Å². The fourth-order valence-corrected chi connectivity index (χ4v) is 6.98. The maximum Gasteiger partial charge on any atom is 0.332 e. The van der Waals surface area contributed by atoms with Gasteiger partial charge in [0.05, 0.1) is 0 Å². The van der Waals surface area contributed by atoms with E-state index in [9.17, 15) is 14.7 Å². The summed E-state index contributed by atoms with van der Waals surface area (Å²) in [7, 11) is 0. The van der Waals surface area contributed by atoms with Crippen molar-refractivity contribution in [2.24, 2.45) is 11.8 Å². The van der Waals surface area contributed by atoms with E-state index in [2.05, 4.69) is 51.2 Å². The molecule has 5 unspecified atom stereocenters. The van der Waals surface area contributed by atoms with E-state index in [1.54, 1.807) is 24.3 Å². The van der Waals surface area contributed by atoms with Crippen molar-refractivity contribution >= 4 is 17.4 Å². The van der Waals surface area contributed by atoms with Gasteiger partial charge in [-0.25, -0.2) is 4.79 Å². The zero-order valence-electron chi connectivity index (χ0n) is 21.7. The number of ether oxygens (including phenoxy) is 1. The number of hydrogen-bond donors (Lipinski definition) is 2. The van der Waals surface area contributed by atoms with Crippen LogP contribution < -0.4 is 5.32 Å². The minimum Gasteiger partial charge on any atom is -0.508 e. The van der Waals surface area contributed by atoms with Gasteiger partial charge < -0.3 is 15.2 Å². The average Bonchev–Trinajstić information content (AvgIpc) is 3.25. The van der Waals surface area contributed by atoms with E-state index in [4.69, 9.17) is 4.74 Å². The lowest BCUT2D eigenvalue weighted by Crippen LogP contribution is -2.52. The first kappa shape index (κ1) is 24.6. The number of fused-ring (bicyclic) bond motifs is 3. The van der Waals surface area contributed by atoms with Gasteiger partial charge in [0.2, 0.25) is 6.10 Å². The van der Waals surface area contributed by atoms with Crippen LogP contribution in [0.2, 0.25) is 0 Å². The lowest BCUT2D eigenvalue weighted by molar-refractivity contribution is -0.146. The van der Waals surface area contributed by atoms with E-state index in [1.165, 1.54) is 29.2 Å². The third kappa shape index (κ3) is 4.33. The van der Waals surface area contributed by atoms with Gasteiger partial charge in [0.15, 0.2) is 0 Å². The van der Waals surface area contributed by atoms with Gasteiger partial charge in [0, 0.05) is 17.7 Å². The molecule has 36 heavy (non-hydrogen) atoms. The first-order valence-electron chi connectivity index (χ1n) is 13.3. The van der Waals surface area contributed by atoms with Gasteiger partial charge in [-0.1, -0.05) is 57.5 Å². The summed E-state index contributed by atoms with van der Waals surface area (Å²) in [6, 6.07) is 13.6. The lowest BCUT2D eigenvalue weighted by Gasteiger charge is -2.52. The molecule has 3 aliphatic rings. The minimum atomic E-state index is -0.971. The number of phenols is 1. The number of hydrogen-bond acceptors (Lipinski definition) is 4. The molecule has 0 bridgehead atoms. The van der Waals surface area contributed by atoms with Crippen LogP contribution in [-0.2, 0) is 26.2 Å². The monoisotopic (exact) mass is 487 g/mol. The first-order valence-corrected chi connectivity index (χ1v) is 13.3. The molecular formula is C31H37NO4. The number of benzene rings is 2. The molecule has 2 N–H and O–H groups in total. The summed E-state index contributed by atoms with van der Waals surface area (Å²) < 4.78 is 5.41. The highest BCUT2D eigenvalue weighted by Crippen LogP contribution is 2.53. The normalized spacial score (nSPS) is 28.1. The molecule has 2 aliphatic carbocycles. The maximum absolute atomic E-state index is 13.4. The van der Waals surface area contributed by atoms with Crippen molar-refractivity contribution in [1.29, 1.82) is 0 Å². The van der Waals surface area contributed by atoms with Gasteiger partial charge in [-0.3, -0.25) is 4.79 Å². The molecule has 1 aliphatic heterocycles. The van der Waals surface area contributed by atoms with Crippen molar-refractivity contribution in [3.8, 4) is 5.75 Å². The Bertz CT molecular complexity index is 1200.